The maximum atomic E-state index is 12.4. The minimum atomic E-state index is -3.55. The number of nitro groups is 1. The molecule has 27 heavy (non-hydrogen) atoms. The van der Waals surface area contributed by atoms with Gasteiger partial charge in [0.1, 0.15) is 0 Å². The number of amides is 1. The van der Waals surface area contributed by atoms with Crippen molar-refractivity contribution >= 4 is 21.6 Å². The van der Waals surface area contributed by atoms with E-state index in [0.29, 0.717) is 0 Å². The maximum absolute atomic E-state index is 12.4. The van der Waals surface area contributed by atoms with E-state index in [1.165, 1.54) is 23.5 Å². The van der Waals surface area contributed by atoms with Gasteiger partial charge in [-0.15, -0.1) is 0 Å². The molecule has 1 N–H and O–H groups in total. The zero-order chi connectivity index (χ0) is 20.2. The third-order valence-corrected chi connectivity index (χ3v) is 5.87. The van der Waals surface area contributed by atoms with Crippen molar-refractivity contribution in [3.05, 3.63) is 33.9 Å². The van der Waals surface area contributed by atoms with Crippen molar-refractivity contribution in [2.45, 2.75) is 26.1 Å². The van der Waals surface area contributed by atoms with E-state index in [-0.39, 0.29) is 54.6 Å². The van der Waals surface area contributed by atoms with Crippen LogP contribution in [0.1, 0.15) is 24.2 Å². The van der Waals surface area contributed by atoms with Gasteiger partial charge in [0.05, 0.1) is 30.0 Å². The summed E-state index contributed by atoms with van der Waals surface area (Å²) in [4.78, 5) is 22.6. The zero-order valence-electron chi connectivity index (χ0n) is 15.4. The summed E-state index contributed by atoms with van der Waals surface area (Å²) in [5.74, 6) is -0.828. The van der Waals surface area contributed by atoms with Gasteiger partial charge in [0, 0.05) is 31.3 Å². The second-order valence-electron chi connectivity index (χ2n) is 6.29. The Labute approximate surface area is 157 Å². The van der Waals surface area contributed by atoms with Gasteiger partial charge in [0.15, 0.2) is 5.75 Å². The highest BCUT2D eigenvalue weighted by Gasteiger charge is 2.30. The van der Waals surface area contributed by atoms with E-state index in [9.17, 15) is 23.3 Å². The number of benzene rings is 1. The first-order valence-electron chi connectivity index (χ1n) is 8.38. The van der Waals surface area contributed by atoms with Crippen molar-refractivity contribution in [3.8, 4) is 5.75 Å². The molecule has 1 heterocycles. The lowest BCUT2D eigenvalue weighted by atomic mass is 10.1. The summed E-state index contributed by atoms with van der Waals surface area (Å²) in [6, 6.07) is 3.79. The van der Waals surface area contributed by atoms with Crippen LogP contribution < -0.4 is 10.1 Å². The molecule has 0 saturated carbocycles. The smallest absolute Gasteiger partial charge is 0.311 e. The highest BCUT2D eigenvalue weighted by Crippen LogP contribution is 2.27. The normalized spacial score (nSPS) is 20.9. The Morgan fingerprint density at radius 2 is 2.00 bits per heavy atom. The first kappa shape index (κ1) is 21.1. The molecule has 1 fully saturated rings. The van der Waals surface area contributed by atoms with Crippen LogP contribution in [-0.2, 0) is 14.8 Å². The van der Waals surface area contributed by atoms with Crippen molar-refractivity contribution in [3.63, 3.8) is 0 Å². The topological polar surface area (TPSA) is 128 Å². The molecule has 0 spiro atoms. The van der Waals surface area contributed by atoms with Gasteiger partial charge in [-0.2, -0.15) is 4.31 Å². The monoisotopic (exact) mass is 401 g/mol. The molecule has 150 valence electrons. The highest BCUT2D eigenvalue weighted by molar-refractivity contribution is 7.89. The Balaban J connectivity index is 1.97. The lowest BCUT2D eigenvalue weighted by Gasteiger charge is -2.34. The Morgan fingerprint density at radius 3 is 2.56 bits per heavy atom. The van der Waals surface area contributed by atoms with Crippen LogP contribution in [0.3, 0.4) is 0 Å². The fourth-order valence-corrected chi connectivity index (χ4v) is 4.35. The molecule has 2 atom stereocenters. The van der Waals surface area contributed by atoms with Crippen LogP contribution in [0.15, 0.2) is 18.2 Å². The first-order valence-corrected chi connectivity index (χ1v) is 9.99. The zero-order valence-corrected chi connectivity index (χ0v) is 16.2. The number of rotatable bonds is 7. The van der Waals surface area contributed by atoms with Crippen LogP contribution in [0, 0.1) is 10.1 Å². The molecule has 0 radical (unpaired) electrons. The van der Waals surface area contributed by atoms with E-state index < -0.39 is 20.9 Å². The lowest BCUT2D eigenvalue weighted by molar-refractivity contribution is -0.385. The molecule has 2 unspecified atom stereocenters. The summed E-state index contributed by atoms with van der Waals surface area (Å²) in [6.07, 6.45) is -0.393. The third-order valence-electron chi connectivity index (χ3n) is 4.06. The van der Waals surface area contributed by atoms with Crippen LogP contribution >= 0.6 is 0 Å². The SMILES string of the molecule is COc1ccc(C(=O)NCCS(=O)(=O)N2CC(C)OC(C)C2)cc1[N+](=O)[O-]. The van der Waals surface area contributed by atoms with Crippen molar-refractivity contribution in [1.82, 2.24) is 9.62 Å². The lowest BCUT2D eigenvalue weighted by Crippen LogP contribution is -2.49. The van der Waals surface area contributed by atoms with Gasteiger partial charge in [-0.25, -0.2) is 8.42 Å². The molecule has 1 aromatic carbocycles. The Hall–Kier alpha value is -2.24. The van der Waals surface area contributed by atoms with Gasteiger partial charge < -0.3 is 14.8 Å². The second kappa shape index (κ2) is 8.63. The number of nitrogens with zero attached hydrogens (tertiary/aromatic N) is 2. The molecule has 2 rings (SSSR count). The minimum Gasteiger partial charge on any atom is -0.490 e. The van der Waals surface area contributed by atoms with Crippen LogP contribution in [-0.4, -0.2) is 68.3 Å². The summed E-state index contributed by atoms with van der Waals surface area (Å²) in [6.45, 7) is 4.03. The first-order chi connectivity index (χ1) is 12.6. The Kier molecular flexibility index (Phi) is 6.73. The van der Waals surface area contributed by atoms with E-state index in [0.717, 1.165) is 6.07 Å². The second-order valence-corrected chi connectivity index (χ2v) is 8.38. The van der Waals surface area contributed by atoms with E-state index in [1.54, 1.807) is 13.8 Å². The summed E-state index contributed by atoms with van der Waals surface area (Å²) in [7, 11) is -2.26. The molecule has 0 aliphatic carbocycles. The predicted molar refractivity (Wildman–Crippen MR) is 97.4 cm³/mol. The van der Waals surface area contributed by atoms with Crippen LogP contribution in [0.2, 0.25) is 0 Å². The number of morpholine rings is 1. The number of hydrogen-bond donors (Lipinski definition) is 1. The van der Waals surface area contributed by atoms with E-state index in [2.05, 4.69) is 5.32 Å². The summed E-state index contributed by atoms with van der Waals surface area (Å²) in [5, 5.41) is 13.5. The van der Waals surface area contributed by atoms with E-state index >= 15 is 0 Å². The quantitative estimate of drug-likeness (QED) is 0.528. The average Bonchev–Trinajstić information content (AvgIpc) is 2.60. The van der Waals surface area contributed by atoms with Crippen molar-refractivity contribution in [2.75, 3.05) is 32.5 Å². The van der Waals surface area contributed by atoms with Gasteiger partial charge in [-0.1, -0.05) is 0 Å². The molecule has 1 aromatic rings. The number of carbonyl (C=O) groups excluding carboxylic acids is 1. The number of ether oxygens (including phenoxy) is 2. The molecular formula is C16H23N3O7S. The standard InChI is InChI=1S/C16H23N3O7S/c1-11-9-18(10-12(2)26-11)27(23,24)7-6-17-16(20)13-4-5-15(25-3)14(8-13)19(21)22/h4-5,8,11-12H,6-7,9-10H2,1-3H3,(H,17,20). The van der Waals surface area contributed by atoms with Crippen molar-refractivity contribution in [1.29, 1.82) is 0 Å². The molecule has 10 nitrogen and oxygen atoms in total. The van der Waals surface area contributed by atoms with Gasteiger partial charge >= 0.3 is 5.69 Å². The van der Waals surface area contributed by atoms with Crippen molar-refractivity contribution in [2.24, 2.45) is 0 Å². The predicted octanol–water partition coefficient (Wildman–Crippen LogP) is 0.772. The molecule has 0 aromatic heterocycles. The number of methoxy groups -OCH3 is 1. The van der Waals surface area contributed by atoms with Gasteiger partial charge in [-0.05, 0) is 26.0 Å². The number of hydrogen-bond acceptors (Lipinski definition) is 7. The molecule has 1 aliphatic rings. The molecule has 1 aliphatic heterocycles. The average molecular weight is 401 g/mol. The van der Waals surface area contributed by atoms with Crippen LogP contribution in [0.25, 0.3) is 0 Å². The molecule has 0 bridgehead atoms. The molecule has 11 heteroatoms. The molecule has 1 amide bonds. The largest absolute Gasteiger partial charge is 0.490 e. The minimum absolute atomic E-state index is 0.0367. The third kappa shape index (κ3) is 5.37. The number of nitrogens with one attached hydrogen (secondary N) is 1. The maximum Gasteiger partial charge on any atom is 0.311 e. The summed E-state index contributed by atoms with van der Waals surface area (Å²) < 4.78 is 36.6. The summed E-state index contributed by atoms with van der Waals surface area (Å²) in [5.41, 5.74) is -0.289. The fraction of sp³-hybridized carbons (Fsp3) is 0.562. The fourth-order valence-electron chi connectivity index (χ4n) is 2.86. The van der Waals surface area contributed by atoms with Gasteiger partial charge in [-0.3, -0.25) is 14.9 Å². The van der Waals surface area contributed by atoms with Crippen LogP contribution in [0.5, 0.6) is 5.75 Å². The highest BCUT2D eigenvalue weighted by atomic mass is 32.2. The Bertz CT molecular complexity index is 802. The number of sulfonamides is 1. The molecular weight excluding hydrogens is 378 g/mol. The van der Waals surface area contributed by atoms with Gasteiger partial charge in [0.2, 0.25) is 10.0 Å². The van der Waals surface area contributed by atoms with Gasteiger partial charge in [0.25, 0.3) is 5.91 Å². The Morgan fingerprint density at radius 1 is 1.37 bits per heavy atom. The molecule has 1 saturated heterocycles. The summed E-state index contributed by atoms with van der Waals surface area (Å²) >= 11 is 0. The number of carbonyl (C=O) groups is 1. The van der Waals surface area contributed by atoms with Crippen LogP contribution in [0.4, 0.5) is 5.69 Å². The van der Waals surface area contributed by atoms with Crippen molar-refractivity contribution < 1.29 is 27.6 Å². The van der Waals surface area contributed by atoms with E-state index in [1.807, 2.05) is 0 Å². The van der Waals surface area contributed by atoms with E-state index in [4.69, 9.17) is 9.47 Å². The number of nitro benzene ring substituents is 1.